The Kier molecular flexibility index (Phi) is 6.88. The minimum Gasteiger partial charge on any atom is -0.449 e. The van der Waals surface area contributed by atoms with Gasteiger partial charge < -0.3 is 10.1 Å². The van der Waals surface area contributed by atoms with Gasteiger partial charge in [0.1, 0.15) is 0 Å². The van der Waals surface area contributed by atoms with E-state index >= 15 is 0 Å². The van der Waals surface area contributed by atoms with E-state index in [1.807, 2.05) is 30.3 Å². The highest BCUT2D eigenvalue weighted by atomic mass is 79.9. The van der Waals surface area contributed by atoms with Crippen LogP contribution in [0.15, 0.2) is 83.3 Å². The van der Waals surface area contributed by atoms with Crippen LogP contribution < -0.4 is 5.32 Å². The highest BCUT2D eigenvalue weighted by Gasteiger charge is 2.31. The fourth-order valence-corrected chi connectivity index (χ4v) is 3.78. The smallest absolute Gasteiger partial charge is 0.416 e. The van der Waals surface area contributed by atoms with Crippen molar-refractivity contribution in [3.63, 3.8) is 0 Å². The van der Waals surface area contributed by atoms with Crippen LogP contribution in [-0.2, 0) is 15.7 Å². The summed E-state index contributed by atoms with van der Waals surface area (Å²) in [6.45, 7) is 1.35. The van der Waals surface area contributed by atoms with Crippen molar-refractivity contribution in [3.05, 3.63) is 94.5 Å². The molecule has 0 fully saturated rings. The zero-order valence-electron chi connectivity index (χ0n) is 18.3. The van der Waals surface area contributed by atoms with Crippen LogP contribution in [0.4, 0.5) is 18.9 Å². The van der Waals surface area contributed by atoms with Crippen LogP contribution in [0.5, 0.6) is 0 Å². The highest BCUT2D eigenvalue weighted by molar-refractivity contribution is 9.10. The summed E-state index contributed by atoms with van der Waals surface area (Å²) in [4.78, 5) is 30.3. The van der Waals surface area contributed by atoms with Gasteiger partial charge in [-0.05, 0) is 49.4 Å². The van der Waals surface area contributed by atoms with E-state index in [1.165, 1.54) is 19.1 Å². The SMILES string of the molecule is C[C@@H](OC(=O)c1cc(-c2ccccc2)nc2ccc(Br)cc12)C(=O)Nc1cccc(C(F)(F)F)c1. The molecule has 4 aromatic rings. The van der Waals surface area contributed by atoms with Gasteiger partial charge in [0.2, 0.25) is 0 Å². The molecule has 4 rings (SSSR count). The lowest BCUT2D eigenvalue weighted by atomic mass is 10.0. The average Bonchev–Trinajstić information content (AvgIpc) is 2.83. The molecule has 0 aliphatic rings. The maximum Gasteiger partial charge on any atom is 0.416 e. The molecule has 0 saturated carbocycles. The van der Waals surface area contributed by atoms with E-state index in [4.69, 9.17) is 4.74 Å². The highest BCUT2D eigenvalue weighted by Crippen LogP contribution is 2.31. The number of carbonyl (C=O) groups excluding carboxylic acids is 2. The summed E-state index contributed by atoms with van der Waals surface area (Å²) in [6, 6.07) is 20.3. The fourth-order valence-electron chi connectivity index (χ4n) is 3.42. The molecule has 0 spiro atoms. The van der Waals surface area contributed by atoms with E-state index in [0.717, 1.165) is 22.2 Å². The number of fused-ring (bicyclic) bond motifs is 1. The molecule has 3 aromatic carbocycles. The number of esters is 1. The molecule has 0 unspecified atom stereocenters. The van der Waals surface area contributed by atoms with Gasteiger partial charge in [-0.1, -0.05) is 52.3 Å². The molecule has 0 aliphatic carbocycles. The lowest BCUT2D eigenvalue weighted by molar-refractivity contribution is -0.137. The lowest BCUT2D eigenvalue weighted by Crippen LogP contribution is -2.30. The Labute approximate surface area is 207 Å². The predicted octanol–water partition coefficient (Wildman–Crippen LogP) is 6.87. The number of hydrogen-bond donors (Lipinski definition) is 1. The number of benzene rings is 3. The molecular formula is C26H18BrF3N2O3. The number of anilines is 1. The van der Waals surface area contributed by atoms with Gasteiger partial charge in [-0.2, -0.15) is 13.2 Å². The summed E-state index contributed by atoms with van der Waals surface area (Å²) in [6.07, 6.45) is -5.82. The Morgan fingerprint density at radius 1 is 0.971 bits per heavy atom. The number of amides is 1. The van der Waals surface area contributed by atoms with Crippen molar-refractivity contribution >= 4 is 44.4 Å². The van der Waals surface area contributed by atoms with Gasteiger partial charge in [0, 0.05) is 21.1 Å². The number of rotatable bonds is 5. The first-order valence-electron chi connectivity index (χ1n) is 10.5. The van der Waals surface area contributed by atoms with Gasteiger partial charge in [-0.3, -0.25) is 4.79 Å². The van der Waals surface area contributed by atoms with Crippen molar-refractivity contribution in [2.75, 3.05) is 5.32 Å². The largest absolute Gasteiger partial charge is 0.449 e. The molecule has 9 heteroatoms. The van der Waals surface area contributed by atoms with Crippen LogP contribution in [-0.4, -0.2) is 23.0 Å². The van der Waals surface area contributed by atoms with Gasteiger partial charge in [0.05, 0.1) is 22.3 Å². The summed E-state index contributed by atoms with van der Waals surface area (Å²) in [5.74, 6) is -1.53. The third kappa shape index (κ3) is 5.68. The number of pyridine rings is 1. The van der Waals surface area contributed by atoms with Crippen LogP contribution >= 0.6 is 15.9 Å². The third-order valence-electron chi connectivity index (χ3n) is 5.17. The number of hydrogen-bond acceptors (Lipinski definition) is 4. The zero-order valence-corrected chi connectivity index (χ0v) is 19.9. The number of ether oxygens (including phenoxy) is 1. The Balaban J connectivity index is 1.59. The first-order chi connectivity index (χ1) is 16.6. The standard InChI is InChI=1S/C26H18BrF3N2O3/c1-15(24(33)31-19-9-5-8-17(12-19)26(28,29)30)35-25(34)21-14-23(16-6-3-2-4-7-16)32-22-11-10-18(27)13-20(21)22/h2-15H,1H3,(H,31,33)/t15-/m1/s1. The van der Waals surface area contributed by atoms with Crippen molar-refractivity contribution in [1.29, 1.82) is 0 Å². The zero-order chi connectivity index (χ0) is 25.2. The number of nitrogens with one attached hydrogen (secondary N) is 1. The van der Waals surface area contributed by atoms with Crippen molar-refractivity contribution in [3.8, 4) is 11.3 Å². The molecule has 1 atom stereocenters. The Morgan fingerprint density at radius 2 is 1.71 bits per heavy atom. The van der Waals surface area contributed by atoms with Crippen molar-refractivity contribution in [1.82, 2.24) is 4.98 Å². The van der Waals surface area contributed by atoms with E-state index in [9.17, 15) is 22.8 Å². The lowest BCUT2D eigenvalue weighted by Gasteiger charge is -2.16. The first kappa shape index (κ1) is 24.4. The van der Waals surface area contributed by atoms with E-state index < -0.39 is 29.7 Å². The number of halogens is 4. The molecule has 1 heterocycles. The van der Waals surface area contributed by atoms with Gasteiger partial charge in [0.25, 0.3) is 5.91 Å². The van der Waals surface area contributed by atoms with Gasteiger partial charge >= 0.3 is 12.1 Å². The second kappa shape index (κ2) is 9.87. The molecule has 0 aliphatic heterocycles. The topological polar surface area (TPSA) is 68.3 Å². The molecule has 1 N–H and O–H groups in total. The number of alkyl halides is 3. The minimum absolute atomic E-state index is 0.0580. The summed E-state index contributed by atoms with van der Waals surface area (Å²) >= 11 is 3.39. The number of nitrogens with zero attached hydrogens (tertiary/aromatic N) is 1. The van der Waals surface area contributed by atoms with Crippen LogP contribution in [0.25, 0.3) is 22.2 Å². The average molecular weight is 543 g/mol. The van der Waals surface area contributed by atoms with Crippen LogP contribution in [0, 0.1) is 0 Å². The summed E-state index contributed by atoms with van der Waals surface area (Å²) in [5.41, 5.74) is 1.14. The molecular weight excluding hydrogens is 525 g/mol. The molecule has 1 amide bonds. The van der Waals surface area contributed by atoms with Crippen molar-refractivity contribution in [2.24, 2.45) is 0 Å². The normalized spacial score (nSPS) is 12.3. The van der Waals surface area contributed by atoms with E-state index in [-0.39, 0.29) is 11.3 Å². The van der Waals surface area contributed by atoms with Gasteiger partial charge in [-0.15, -0.1) is 0 Å². The van der Waals surface area contributed by atoms with Crippen LogP contribution in [0.2, 0.25) is 0 Å². The molecule has 0 bridgehead atoms. The second-order valence-electron chi connectivity index (χ2n) is 7.70. The third-order valence-corrected chi connectivity index (χ3v) is 5.66. The Hall–Kier alpha value is -3.72. The second-order valence-corrected chi connectivity index (χ2v) is 8.61. The van der Waals surface area contributed by atoms with E-state index in [1.54, 1.807) is 24.3 Å². The quantitative estimate of drug-likeness (QED) is 0.279. The van der Waals surface area contributed by atoms with E-state index in [0.29, 0.717) is 16.6 Å². The first-order valence-corrected chi connectivity index (χ1v) is 11.3. The molecule has 5 nitrogen and oxygen atoms in total. The maximum atomic E-state index is 13.1. The van der Waals surface area contributed by atoms with E-state index in [2.05, 4.69) is 26.2 Å². The Morgan fingerprint density at radius 3 is 2.43 bits per heavy atom. The maximum absolute atomic E-state index is 13.1. The number of carbonyl (C=O) groups is 2. The molecule has 0 radical (unpaired) electrons. The summed E-state index contributed by atoms with van der Waals surface area (Å²) in [5, 5.41) is 2.88. The monoisotopic (exact) mass is 542 g/mol. The van der Waals surface area contributed by atoms with Crippen LogP contribution in [0.1, 0.15) is 22.8 Å². The molecule has 178 valence electrons. The van der Waals surface area contributed by atoms with Gasteiger partial charge in [0.15, 0.2) is 6.10 Å². The predicted molar refractivity (Wildman–Crippen MR) is 130 cm³/mol. The van der Waals surface area contributed by atoms with Crippen LogP contribution in [0.3, 0.4) is 0 Å². The summed E-state index contributed by atoms with van der Waals surface area (Å²) in [7, 11) is 0. The Bertz CT molecular complexity index is 1410. The van der Waals surface area contributed by atoms with Crippen molar-refractivity contribution in [2.45, 2.75) is 19.2 Å². The number of aromatic nitrogens is 1. The molecule has 0 saturated heterocycles. The minimum atomic E-state index is -4.55. The fraction of sp³-hybridized carbons (Fsp3) is 0.115. The van der Waals surface area contributed by atoms with Gasteiger partial charge in [-0.25, -0.2) is 9.78 Å². The van der Waals surface area contributed by atoms with Crippen molar-refractivity contribution < 1.29 is 27.5 Å². The molecule has 1 aromatic heterocycles. The summed E-state index contributed by atoms with van der Waals surface area (Å²) < 4.78 is 44.9. The molecule has 35 heavy (non-hydrogen) atoms.